The molecular formula is C17H13F2NO2S. The second-order valence-electron chi connectivity index (χ2n) is 4.50. The highest BCUT2D eigenvalue weighted by atomic mass is 32.2. The Balaban J connectivity index is 1.88. The minimum atomic E-state index is -1.70. The molecule has 0 heterocycles. The molecule has 2 rings (SSSR count). The molecule has 2 aromatic carbocycles. The van der Waals surface area contributed by atoms with E-state index in [9.17, 15) is 17.8 Å². The monoisotopic (exact) mass is 333 g/mol. The van der Waals surface area contributed by atoms with Gasteiger partial charge >= 0.3 is 0 Å². The molecule has 0 bridgehead atoms. The van der Waals surface area contributed by atoms with E-state index in [4.69, 9.17) is 0 Å². The smallest absolute Gasteiger partial charge is 0.255 e. The summed E-state index contributed by atoms with van der Waals surface area (Å²) in [5, 5.41) is 1.29. The molecule has 0 aromatic heterocycles. The van der Waals surface area contributed by atoms with E-state index in [0.717, 1.165) is 0 Å². The topological polar surface area (TPSA) is 46.2 Å². The fourth-order valence-corrected chi connectivity index (χ4v) is 2.24. The summed E-state index contributed by atoms with van der Waals surface area (Å²) in [5.74, 6) is -1.27. The third-order valence-corrected chi connectivity index (χ3v) is 3.54. The molecule has 0 aliphatic rings. The molecular weight excluding hydrogens is 320 g/mol. The fraction of sp³-hybridized carbons (Fsp3) is 0. The van der Waals surface area contributed by atoms with Gasteiger partial charge in [-0.2, -0.15) is 0 Å². The van der Waals surface area contributed by atoms with Crippen molar-refractivity contribution in [2.24, 2.45) is 0 Å². The Kier molecular flexibility index (Phi) is 5.94. The molecule has 0 aliphatic carbocycles. The molecule has 0 saturated carbocycles. The first-order valence-electron chi connectivity index (χ1n) is 6.61. The lowest BCUT2D eigenvalue weighted by Gasteiger charge is -1.97. The molecule has 6 heteroatoms. The van der Waals surface area contributed by atoms with Crippen LogP contribution in [0.2, 0.25) is 0 Å². The Labute approximate surface area is 134 Å². The predicted molar refractivity (Wildman–Crippen MR) is 87.2 cm³/mol. The molecule has 1 atom stereocenters. The Bertz CT molecular complexity index is 688. The second kappa shape index (κ2) is 8.14. The molecule has 1 N–H and O–H groups in total. The van der Waals surface area contributed by atoms with Crippen LogP contribution in [-0.4, -0.2) is 10.1 Å². The summed E-state index contributed by atoms with van der Waals surface area (Å²) < 4.78 is 39.4. The lowest BCUT2D eigenvalue weighted by atomic mass is 10.2. The van der Waals surface area contributed by atoms with E-state index in [0.29, 0.717) is 11.1 Å². The van der Waals surface area contributed by atoms with Crippen molar-refractivity contribution in [2.45, 2.75) is 0 Å². The quantitative estimate of drug-likeness (QED) is 0.852. The summed E-state index contributed by atoms with van der Waals surface area (Å²) in [6.07, 6.45) is 4.20. The third-order valence-electron chi connectivity index (χ3n) is 2.75. The maximum Gasteiger partial charge on any atom is 0.255 e. The third kappa shape index (κ3) is 5.96. The van der Waals surface area contributed by atoms with Gasteiger partial charge in [0, 0.05) is 11.5 Å². The Morgan fingerprint density at radius 2 is 1.35 bits per heavy atom. The number of carbonyl (C=O) groups excluding carboxylic acids is 1. The zero-order chi connectivity index (χ0) is 16.7. The first-order valence-corrected chi connectivity index (χ1v) is 7.83. The van der Waals surface area contributed by atoms with Crippen LogP contribution in [0.5, 0.6) is 0 Å². The molecule has 1 unspecified atom stereocenters. The number of amides is 1. The van der Waals surface area contributed by atoms with Gasteiger partial charge in [0.15, 0.2) is 0 Å². The highest BCUT2D eigenvalue weighted by Crippen LogP contribution is 2.06. The van der Waals surface area contributed by atoms with Crippen molar-refractivity contribution in [1.29, 1.82) is 0 Å². The van der Waals surface area contributed by atoms with Crippen molar-refractivity contribution in [3.05, 3.63) is 82.8 Å². The summed E-state index contributed by atoms with van der Waals surface area (Å²) in [6.45, 7) is 0. The molecule has 23 heavy (non-hydrogen) atoms. The number of carbonyl (C=O) groups is 1. The van der Waals surface area contributed by atoms with Crippen LogP contribution in [-0.2, 0) is 15.8 Å². The highest BCUT2D eigenvalue weighted by molar-refractivity contribution is 7.86. The van der Waals surface area contributed by atoms with Crippen LogP contribution >= 0.6 is 0 Å². The van der Waals surface area contributed by atoms with Crippen molar-refractivity contribution in [3.63, 3.8) is 0 Å². The summed E-state index contributed by atoms with van der Waals surface area (Å²) in [4.78, 5) is 11.6. The SMILES string of the molecule is O=C(/C=C/c1ccc(F)cc1)NS(=O)/C=C/c1ccc(F)cc1. The average molecular weight is 333 g/mol. The zero-order valence-corrected chi connectivity index (χ0v) is 12.7. The van der Waals surface area contributed by atoms with E-state index >= 15 is 0 Å². The van der Waals surface area contributed by atoms with Gasteiger partial charge in [-0.25, -0.2) is 13.0 Å². The largest absolute Gasteiger partial charge is 0.269 e. The number of halogens is 2. The fourth-order valence-electron chi connectivity index (χ4n) is 1.63. The van der Waals surface area contributed by atoms with Crippen molar-refractivity contribution in [2.75, 3.05) is 0 Å². The van der Waals surface area contributed by atoms with E-state index in [1.54, 1.807) is 0 Å². The predicted octanol–water partition coefficient (Wildman–Crippen LogP) is 3.43. The number of nitrogens with one attached hydrogen (secondary N) is 1. The molecule has 0 fully saturated rings. The summed E-state index contributed by atoms with van der Waals surface area (Å²) in [7, 11) is -1.70. The van der Waals surface area contributed by atoms with E-state index in [2.05, 4.69) is 4.72 Å². The molecule has 0 spiro atoms. The summed E-state index contributed by atoms with van der Waals surface area (Å²) in [5.41, 5.74) is 1.31. The Morgan fingerprint density at radius 1 is 0.870 bits per heavy atom. The van der Waals surface area contributed by atoms with Gasteiger partial charge in [0.2, 0.25) is 0 Å². The normalized spacial score (nSPS) is 12.6. The molecule has 1 amide bonds. The van der Waals surface area contributed by atoms with Crippen molar-refractivity contribution in [1.82, 2.24) is 4.72 Å². The van der Waals surface area contributed by atoms with Crippen LogP contribution in [0, 0.1) is 11.6 Å². The number of benzene rings is 2. The van der Waals surface area contributed by atoms with Gasteiger partial charge in [0.1, 0.15) is 22.6 Å². The van der Waals surface area contributed by atoms with Gasteiger partial charge in [-0.15, -0.1) is 0 Å². The van der Waals surface area contributed by atoms with Gasteiger partial charge in [-0.05, 0) is 47.5 Å². The van der Waals surface area contributed by atoms with Gasteiger partial charge < -0.3 is 0 Å². The molecule has 0 aliphatic heterocycles. The van der Waals surface area contributed by atoms with Crippen LogP contribution in [0.25, 0.3) is 12.2 Å². The molecule has 118 valence electrons. The molecule has 2 aromatic rings. The van der Waals surface area contributed by atoms with Gasteiger partial charge in [0.25, 0.3) is 5.91 Å². The number of rotatable bonds is 5. The van der Waals surface area contributed by atoms with Crippen molar-refractivity contribution < 1.29 is 17.8 Å². The van der Waals surface area contributed by atoms with E-state index < -0.39 is 16.9 Å². The average Bonchev–Trinajstić information content (AvgIpc) is 2.54. The number of hydrogen-bond donors (Lipinski definition) is 1. The summed E-state index contributed by atoms with van der Waals surface area (Å²) >= 11 is 0. The molecule has 3 nitrogen and oxygen atoms in total. The van der Waals surface area contributed by atoms with Crippen LogP contribution in [0.1, 0.15) is 11.1 Å². The van der Waals surface area contributed by atoms with Crippen LogP contribution in [0.3, 0.4) is 0 Å². The molecule has 0 radical (unpaired) electrons. The van der Waals surface area contributed by atoms with Crippen LogP contribution in [0.15, 0.2) is 60.0 Å². The van der Waals surface area contributed by atoms with Crippen molar-refractivity contribution >= 4 is 29.0 Å². The molecule has 0 saturated heterocycles. The lowest BCUT2D eigenvalue weighted by molar-refractivity contribution is -0.114. The van der Waals surface area contributed by atoms with Gasteiger partial charge in [-0.1, -0.05) is 24.3 Å². The zero-order valence-electron chi connectivity index (χ0n) is 11.9. The standard InChI is InChI=1S/C17H13F2NO2S/c18-15-6-1-13(2-7-15)5-10-17(21)20-23(22)12-11-14-3-8-16(19)9-4-14/h1-12H,(H,20,21)/b10-5+,12-11+. The number of hydrogen-bond acceptors (Lipinski definition) is 2. The minimum absolute atomic E-state index is 0.359. The van der Waals surface area contributed by atoms with Gasteiger partial charge in [-0.3, -0.25) is 9.52 Å². The Hall–Kier alpha value is -2.60. The first kappa shape index (κ1) is 16.8. The van der Waals surface area contributed by atoms with E-state index in [1.807, 2.05) is 0 Å². The van der Waals surface area contributed by atoms with Crippen molar-refractivity contribution in [3.8, 4) is 0 Å². The van der Waals surface area contributed by atoms with Crippen LogP contribution < -0.4 is 4.72 Å². The second-order valence-corrected chi connectivity index (χ2v) is 5.57. The van der Waals surface area contributed by atoms with E-state index in [-0.39, 0.29) is 11.6 Å². The highest BCUT2D eigenvalue weighted by Gasteiger charge is 1.99. The summed E-state index contributed by atoms with van der Waals surface area (Å²) in [6, 6.07) is 11.2. The Morgan fingerprint density at radius 3 is 1.87 bits per heavy atom. The maximum absolute atomic E-state index is 12.7. The van der Waals surface area contributed by atoms with Crippen LogP contribution in [0.4, 0.5) is 8.78 Å². The maximum atomic E-state index is 12.7. The minimum Gasteiger partial charge on any atom is -0.269 e. The first-order chi connectivity index (χ1) is 11.0. The lowest BCUT2D eigenvalue weighted by Crippen LogP contribution is -2.21. The van der Waals surface area contributed by atoms with Gasteiger partial charge in [0.05, 0.1) is 0 Å². The van der Waals surface area contributed by atoms with E-state index in [1.165, 1.54) is 72.2 Å².